The molecule has 0 fully saturated rings. The second-order valence-corrected chi connectivity index (χ2v) is 6.54. The van der Waals surface area contributed by atoms with Gasteiger partial charge >= 0.3 is 0 Å². The van der Waals surface area contributed by atoms with Crippen LogP contribution in [-0.2, 0) is 22.6 Å². The van der Waals surface area contributed by atoms with Gasteiger partial charge in [-0.15, -0.1) is 0 Å². The van der Waals surface area contributed by atoms with Crippen molar-refractivity contribution in [2.45, 2.75) is 32.4 Å². The molecule has 1 aliphatic heterocycles. The normalized spacial score (nSPS) is 12.9. The summed E-state index contributed by atoms with van der Waals surface area (Å²) in [5.41, 5.74) is 1.94. The fraction of sp³-hybridized carbons (Fsp3) is 0.333. The van der Waals surface area contributed by atoms with Gasteiger partial charge in [0.05, 0.1) is 7.11 Å². The van der Waals surface area contributed by atoms with Crippen molar-refractivity contribution in [2.24, 2.45) is 0 Å². The first-order chi connectivity index (χ1) is 13.5. The molecule has 1 atom stereocenters. The van der Waals surface area contributed by atoms with E-state index in [2.05, 4.69) is 10.6 Å². The van der Waals surface area contributed by atoms with Crippen LogP contribution in [0.25, 0.3) is 0 Å². The molecule has 2 N–H and O–H groups in total. The highest BCUT2D eigenvalue weighted by atomic mass is 16.7. The highest BCUT2D eigenvalue weighted by Crippen LogP contribution is 2.32. The Morgan fingerprint density at radius 2 is 1.79 bits per heavy atom. The van der Waals surface area contributed by atoms with Crippen LogP contribution in [0.2, 0.25) is 0 Å². The van der Waals surface area contributed by atoms with Crippen molar-refractivity contribution in [3.63, 3.8) is 0 Å². The Balaban J connectivity index is 1.41. The predicted molar refractivity (Wildman–Crippen MR) is 103 cm³/mol. The van der Waals surface area contributed by atoms with Crippen LogP contribution >= 0.6 is 0 Å². The molecular formula is C21H24N2O5. The first-order valence-corrected chi connectivity index (χ1v) is 9.13. The number of carbonyl (C=O) groups is 2. The van der Waals surface area contributed by atoms with Crippen LogP contribution in [-0.4, -0.2) is 31.8 Å². The van der Waals surface area contributed by atoms with Gasteiger partial charge in [0.1, 0.15) is 11.8 Å². The SMILES string of the molecule is COc1ccc(CCC(=O)N[C@@H](C)C(=O)NCc2ccc3c(c2)OCO3)cc1. The second kappa shape index (κ2) is 9.12. The number of amides is 2. The maximum Gasteiger partial charge on any atom is 0.242 e. The van der Waals surface area contributed by atoms with E-state index in [-0.39, 0.29) is 18.6 Å². The number of carbonyl (C=O) groups excluding carboxylic acids is 2. The molecule has 2 aromatic rings. The van der Waals surface area contributed by atoms with Gasteiger partial charge in [-0.3, -0.25) is 9.59 Å². The Kier molecular flexibility index (Phi) is 6.37. The number of aryl methyl sites for hydroxylation is 1. The van der Waals surface area contributed by atoms with Gasteiger partial charge in [0.2, 0.25) is 18.6 Å². The summed E-state index contributed by atoms with van der Waals surface area (Å²) in [6, 6.07) is 12.5. The molecule has 2 amide bonds. The third kappa shape index (κ3) is 5.16. The van der Waals surface area contributed by atoms with Crippen molar-refractivity contribution in [2.75, 3.05) is 13.9 Å². The number of fused-ring (bicyclic) bond motifs is 1. The molecule has 0 unspecified atom stereocenters. The zero-order chi connectivity index (χ0) is 19.9. The van der Waals surface area contributed by atoms with Crippen LogP contribution in [0.5, 0.6) is 17.2 Å². The summed E-state index contributed by atoms with van der Waals surface area (Å²) in [6.45, 7) is 2.23. The summed E-state index contributed by atoms with van der Waals surface area (Å²) in [5.74, 6) is 1.75. The Morgan fingerprint density at radius 3 is 2.54 bits per heavy atom. The van der Waals surface area contributed by atoms with Crippen molar-refractivity contribution < 1.29 is 23.8 Å². The Hall–Kier alpha value is -3.22. The summed E-state index contributed by atoms with van der Waals surface area (Å²) < 4.78 is 15.7. The molecule has 1 heterocycles. The van der Waals surface area contributed by atoms with Gasteiger partial charge in [-0.05, 0) is 48.7 Å². The Labute approximate surface area is 164 Å². The highest BCUT2D eigenvalue weighted by molar-refractivity contribution is 5.87. The van der Waals surface area contributed by atoms with Gasteiger partial charge in [-0.1, -0.05) is 18.2 Å². The standard InChI is InChI=1S/C21H24N2O5/c1-14(23-20(24)10-6-15-3-7-17(26-2)8-4-15)21(25)22-12-16-5-9-18-19(11-16)28-13-27-18/h3-5,7-9,11,14H,6,10,12-13H2,1-2H3,(H,22,25)(H,23,24)/t14-/m0/s1. The molecule has 148 valence electrons. The lowest BCUT2D eigenvalue weighted by atomic mass is 10.1. The fourth-order valence-electron chi connectivity index (χ4n) is 2.82. The monoisotopic (exact) mass is 384 g/mol. The molecule has 0 saturated carbocycles. The number of ether oxygens (including phenoxy) is 3. The third-order valence-electron chi connectivity index (χ3n) is 4.47. The van der Waals surface area contributed by atoms with E-state index in [9.17, 15) is 9.59 Å². The molecule has 0 saturated heterocycles. The van der Waals surface area contributed by atoms with Crippen LogP contribution in [0.3, 0.4) is 0 Å². The highest BCUT2D eigenvalue weighted by Gasteiger charge is 2.17. The molecule has 28 heavy (non-hydrogen) atoms. The lowest BCUT2D eigenvalue weighted by Crippen LogP contribution is -2.44. The smallest absolute Gasteiger partial charge is 0.242 e. The van der Waals surface area contributed by atoms with Crippen molar-refractivity contribution in [3.05, 3.63) is 53.6 Å². The van der Waals surface area contributed by atoms with E-state index < -0.39 is 6.04 Å². The predicted octanol–water partition coefficient (Wildman–Crippen LogP) is 2.18. The summed E-state index contributed by atoms with van der Waals surface area (Å²) in [5, 5.41) is 5.55. The van der Waals surface area contributed by atoms with E-state index in [4.69, 9.17) is 14.2 Å². The summed E-state index contributed by atoms with van der Waals surface area (Å²) in [7, 11) is 1.61. The largest absolute Gasteiger partial charge is 0.497 e. The van der Waals surface area contributed by atoms with Crippen LogP contribution in [0.15, 0.2) is 42.5 Å². The zero-order valence-electron chi connectivity index (χ0n) is 16.0. The Morgan fingerprint density at radius 1 is 1.07 bits per heavy atom. The lowest BCUT2D eigenvalue weighted by Gasteiger charge is -2.14. The number of hydrogen-bond donors (Lipinski definition) is 2. The van der Waals surface area contributed by atoms with Crippen LogP contribution in [0, 0.1) is 0 Å². The summed E-state index contributed by atoms with van der Waals surface area (Å²) in [6.07, 6.45) is 0.910. The topological polar surface area (TPSA) is 85.9 Å². The summed E-state index contributed by atoms with van der Waals surface area (Å²) >= 11 is 0. The van der Waals surface area contributed by atoms with Gasteiger partial charge in [0, 0.05) is 13.0 Å². The minimum atomic E-state index is -0.614. The molecule has 1 aliphatic rings. The number of nitrogens with one attached hydrogen (secondary N) is 2. The fourth-order valence-corrected chi connectivity index (χ4v) is 2.82. The van der Waals surface area contributed by atoms with Gasteiger partial charge in [0.25, 0.3) is 0 Å². The molecule has 0 bridgehead atoms. The van der Waals surface area contributed by atoms with Crippen LogP contribution in [0.4, 0.5) is 0 Å². The van der Waals surface area contributed by atoms with E-state index in [1.54, 1.807) is 14.0 Å². The number of benzene rings is 2. The van der Waals surface area contributed by atoms with E-state index in [1.807, 2.05) is 42.5 Å². The quantitative estimate of drug-likeness (QED) is 0.729. The van der Waals surface area contributed by atoms with Crippen LogP contribution < -0.4 is 24.8 Å². The third-order valence-corrected chi connectivity index (χ3v) is 4.47. The first kappa shape index (κ1) is 19.5. The lowest BCUT2D eigenvalue weighted by molar-refractivity contribution is -0.128. The average Bonchev–Trinajstić information content (AvgIpc) is 3.18. The number of rotatable bonds is 8. The van der Waals surface area contributed by atoms with Crippen LogP contribution in [0.1, 0.15) is 24.5 Å². The molecule has 0 aliphatic carbocycles. The van der Waals surface area contributed by atoms with Gasteiger partial charge < -0.3 is 24.8 Å². The zero-order valence-corrected chi connectivity index (χ0v) is 16.0. The minimum absolute atomic E-state index is 0.165. The maximum atomic E-state index is 12.2. The van der Waals surface area contributed by atoms with Crippen molar-refractivity contribution >= 4 is 11.8 Å². The minimum Gasteiger partial charge on any atom is -0.497 e. The summed E-state index contributed by atoms with van der Waals surface area (Å²) in [4.78, 5) is 24.3. The molecule has 7 heteroatoms. The van der Waals surface area contributed by atoms with Gasteiger partial charge in [0.15, 0.2) is 11.5 Å². The van der Waals surface area contributed by atoms with E-state index in [1.165, 1.54) is 0 Å². The van der Waals surface area contributed by atoms with Gasteiger partial charge in [-0.25, -0.2) is 0 Å². The first-order valence-electron chi connectivity index (χ1n) is 9.13. The van der Waals surface area contributed by atoms with Gasteiger partial charge in [-0.2, -0.15) is 0 Å². The molecule has 0 aromatic heterocycles. The molecular weight excluding hydrogens is 360 g/mol. The maximum absolute atomic E-state index is 12.2. The van der Waals surface area contributed by atoms with E-state index in [0.29, 0.717) is 30.9 Å². The molecule has 3 rings (SSSR count). The number of hydrogen-bond acceptors (Lipinski definition) is 5. The van der Waals surface area contributed by atoms with Crippen molar-refractivity contribution in [1.82, 2.24) is 10.6 Å². The average molecular weight is 384 g/mol. The number of methoxy groups -OCH3 is 1. The van der Waals surface area contributed by atoms with E-state index >= 15 is 0 Å². The van der Waals surface area contributed by atoms with E-state index in [0.717, 1.165) is 16.9 Å². The molecule has 2 aromatic carbocycles. The molecule has 0 spiro atoms. The second-order valence-electron chi connectivity index (χ2n) is 6.54. The molecule has 0 radical (unpaired) electrons. The van der Waals surface area contributed by atoms with Crippen molar-refractivity contribution in [1.29, 1.82) is 0 Å². The Bertz CT molecular complexity index is 835. The molecule has 7 nitrogen and oxygen atoms in total. The van der Waals surface area contributed by atoms with Crippen molar-refractivity contribution in [3.8, 4) is 17.2 Å².